The van der Waals surface area contributed by atoms with Gasteiger partial charge in [0.15, 0.2) is 0 Å². The number of amides is 1. The van der Waals surface area contributed by atoms with Crippen LogP contribution in [-0.2, 0) is 4.79 Å². The lowest BCUT2D eigenvalue weighted by Gasteiger charge is -2.22. The first-order valence-electron chi connectivity index (χ1n) is 8.19. The molecule has 2 nitrogen and oxygen atoms in total. The van der Waals surface area contributed by atoms with E-state index < -0.39 is 0 Å². The van der Waals surface area contributed by atoms with Crippen molar-refractivity contribution in [2.75, 3.05) is 0 Å². The molecule has 1 saturated carbocycles. The third-order valence-corrected chi connectivity index (χ3v) is 5.27. The van der Waals surface area contributed by atoms with Gasteiger partial charge in [0.2, 0.25) is 5.91 Å². The molecular formula is C18H27NOS. The van der Waals surface area contributed by atoms with Gasteiger partial charge in [0.1, 0.15) is 0 Å². The molecular weight excluding hydrogens is 278 g/mol. The van der Waals surface area contributed by atoms with Gasteiger partial charge in [0, 0.05) is 10.9 Å². The molecule has 2 rings (SSSR count). The van der Waals surface area contributed by atoms with Gasteiger partial charge < -0.3 is 5.32 Å². The van der Waals surface area contributed by atoms with Crippen LogP contribution in [0, 0.1) is 6.92 Å². The predicted octanol–water partition coefficient (Wildman–Crippen LogP) is 4.70. The van der Waals surface area contributed by atoms with Crippen molar-refractivity contribution in [3.05, 3.63) is 29.8 Å². The molecule has 0 unspecified atom stereocenters. The first-order chi connectivity index (χ1) is 10.1. The number of carbonyl (C=O) groups is 1. The highest BCUT2D eigenvalue weighted by Crippen LogP contribution is 2.24. The molecule has 1 aromatic rings. The van der Waals surface area contributed by atoms with Crippen LogP contribution in [0.5, 0.6) is 0 Å². The van der Waals surface area contributed by atoms with Crippen LogP contribution >= 0.6 is 11.8 Å². The van der Waals surface area contributed by atoms with E-state index in [1.807, 2.05) is 6.92 Å². The van der Waals surface area contributed by atoms with Crippen LogP contribution in [-0.4, -0.2) is 17.2 Å². The molecule has 21 heavy (non-hydrogen) atoms. The second kappa shape index (κ2) is 8.47. The minimum absolute atomic E-state index is 0.0295. The van der Waals surface area contributed by atoms with Gasteiger partial charge in [-0.25, -0.2) is 0 Å². The lowest BCUT2D eigenvalue weighted by Crippen LogP contribution is -2.39. The average Bonchev–Trinajstić information content (AvgIpc) is 2.44. The average molecular weight is 305 g/mol. The lowest BCUT2D eigenvalue weighted by molar-refractivity contribution is -0.121. The van der Waals surface area contributed by atoms with Crippen LogP contribution in [0.15, 0.2) is 29.2 Å². The summed E-state index contributed by atoms with van der Waals surface area (Å²) in [5.41, 5.74) is 1.26. The minimum atomic E-state index is -0.0295. The number of thioether (sulfide) groups is 1. The van der Waals surface area contributed by atoms with E-state index in [0.29, 0.717) is 6.04 Å². The van der Waals surface area contributed by atoms with Crippen molar-refractivity contribution >= 4 is 17.7 Å². The van der Waals surface area contributed by atoms with E-state index in [9.17, 15) is 4.79 Å². The SMILES string of the molecule is Cc1ccc(S[C@H](C)C(=O)NC2CCCCCCC2)cc1. The molecule has 1 N–H and O–H groups in total. The van der Waals surface area contributed by atoms with Gasteiger partial charge in [-0.3, -0.25) is 4.79 Å². The van der Waals surface area contributed by atoms with Gasteiger partial charge in [-0.2, -0.15) is 0 Å². The normalized spacial score (nSPS) is 18.6. The molecule has 1 amide bonds. The molecule has 1 aromatic carbocycles. The fraction of sp³-hybridized carbons (Fsp3) is 0.611. The van der Waals surface area contributed by atoms with Gasteiger partial charge in [-0.05, 0) is 38.8 Å². The van der Waals surface area contributed by atoms with Crippen molar-refractivity contribution < 1.29 is 4.79 Å². The van der Waals surface area contributed by atoms with Gasteiger partial charge in [0.05, 0.1) is 5.25 Å². The number of hydrogen-bond donors (Lipinski definition) is 1. The molecule has 0 aliphatic heterocycles. The summed E-state index contributed by atoms with van der Waals surface area (Å²) < 4.78 is 0. The Bertz CT molecular complexity index is 435. The topological polar surface area (TPSA) is 29.1 Å². The maximum absolute atomic E-state index is 12.3. The molecule has 1 aliphatic carbocycles. The van der Waals surface area contributed by atoms with E-state index in [4.69, 9.17) is 0 Å². The molecule has 1 fully saturated rings. The highest BCUT2D eigenvalue weighted by molar-refractivity contribution is 8.00. The van der Waals surface area contributed by atoms with Crippen LogP contribution in [0.25, 0.3) is 0 Å². The van der Waals surface area contributed by atoms with E-state index in [2.05, 4.69) is 36.5 Å². The zero-order valence-corrected chi connectivity index (χ0v) is 14.0. The van der Waals surface area contributed by atoms with Crippen LogP contribution in [0.3, 0.4) is 0 Å². The van der Waals surface area contributed by atoms with Crippen molar-refractivity contribution in [1.29, 1.82) is 0 Å². The molecule has 3 heteroatoms. The Balaban J connectivity index is 1.82. The fourth-order valence-electron chi connectivity index (χ4n) is 2.79. The Morgan fingerprint density at radius 1 is 1.10 bits per heavy atom. The molecule has 1 aliphatic rings. The first-order valence-corrected chi connectivity index (χ1v) is 9.07. The summed E-state index contributed by atoms with van der Waals surface area (Å²) in [4.78, 5) is 13.5. The summed E-state index contributed by atoms with van der Waals surface area (Å²) in [6.45, 7) is 4.09. The van der Waals surface area contributed by atoms with E-state index in [1.54, 1.807) is 11.8 Å². The molecule has 1 atom stereocenters. The third kappa shape index (κ3) is 5.74. The maximum Gasteiger partial charge on any atom is 0.233 e. The molecule has 0 saturated heterocycles. The number of nitrogens with one attached hydrogen (secondary N) is 1. The molecule has 0 bridgehead atoms. The van der Waals surface area contributed by atoms with Crippen molar-refractivity contribution in [2.45, 2.75) is 75.0 Å². The Labute approximate surface area is 133 Å². The number of hydrogen-bond acceptors (Lipinski definition) is 2. The summed E-state index contributed by atoms with van der Waals surface area (Å²) in [6, 6.07) is 8.78. The Morgan fingerprint density at radius 3 is 2.29 bits per heavy atom. The second-order valence-electron chi connectivity index (χ2n) is 6.12. The summed E-state index contributed by atoms with van der Waals surface area (Å²) in [6.07, 6.45) is 8.80. The predicted molar refractivity (Wildman–Crippen MR) is 90.7 cm³/mol. The summed E-state index contributed by atoms with van der Waals surface area (Å²) in [5, 5.41) is 3.23. The fourth-order valence-corrected chi connectivity index (χ4v) is 3.67. The first kappa shape index (κ1) is 16.4. The van der Waals surface area contributed by atoms with E-state index in [1.165, 1.54) is 42.6 Å². The number of benzene rings is 1. The zero-order valence-electron chi connectivity index (χ0n) is 13.2. The highest BCUT2D eigenvalue weighted by atomic mass is 32.2. The van der Waals surface area contributed by atoms with Gasteiger partial charge in [-0.15, -0.1) is 11.8 Å². The Morgan fingerprint density at radius 2 is 1.67 bits per heavy atom. The standard InChI is InChI=1S/C18H27NOS/c1-14-10-12-17(13-11-14)21-15(2)18(20)19-16-8-6-4-3-5-7-9-16/h10-13,15-16H,3-9H2,1-2H3,(H,19,20)/t15-/m1/s1. The summed E-state index contributed by atoms with van der Waals surface area (Å²) in [5.74, 6) is 0.186. The largest absolute Gasteiger partial charge is 0.352 e. The van der Waals surface area contributed by atoms with Gasteiger partial charge in [0.25, 0.3) is 0 Å². The second-order valence-corrected chi connectivity index (χ2v) is 7.54. The lowest BCUT2D eigenvalue weighted by atomic mass is 9.97. The van der Waals surface area contributed by atoms with Crippen LogP contribution in [0.1, 0.15) is 57.4 Å². The Hall–Kier alpha value is -0.960. The van der Waals surface area contributed by atoms with E-state index >= 15 is 0 Å². The molecule has 0 spiro atoms. The van der Waals surface area contributed by atoms with Crippen molar-refractivity contribution in [3.63, 3.8) is 0 Å². The van der Waals surface area contributed by atoms with Crippen LogP contribution < -0.4 is 5.32 Å². The zero-order chi connectivity index (χ0) is 15.1. The van der Waals surface area contributed by atoms with E-state index in [-0.39, 0.29) is 11.2 Å². The smallest absolute Gasteiger partial charge is 0.233 e. The monoisotopic (exact) mass is 305 g/mol. The summed E-state index contributed by atoms with van der Waals surface area (Å²) >= 11 is 1.65. The number of carbonyl (C=O) groups excluding carboxylic acids is 1. The molecule has 0 aromatic heterocycles. The molecule has 0 radical (unpaired) electrons. The van der Waals surface area contributed by atoms with Crippen molar-refractivity contribution in [2.24, 2.45) is 0 Å². The molecule has 116 valence electrons. The van der Waals surface area contributed by atoms with Crippen molar-refractivity contribution in [1.82, 2.24) is 5.32 Å². The summed E-state index contributed by atoms with van der Waals surface area (Å²) in [7, 11) is 0. The Kier molecular flexibility index (Phi) is 6.62. The third-order valence-electron chi connectivity index (χ3n) is 4.15. The minimum Gasteiger partial charge on any atom is -0.352 e. The van der Waals surface area contributed by atoms with E-state index in [0.717, 1.165) is 12.8 Å². The van der Waals surface area contributed by atoms with Gasteiger partial charge >= 0.3 is 0 Å². The van der Waals surface area contributed by atoms with Crippen molar-refractivity contribution in [3.8, 4) is 0 Å². The number of rotatable bonds is 4. The quantitative estimate of drug-likeness (QED) is 0.817. The van der Waals surface area contributed by atoms with Crippen LogP contribution in [0.2, 0.25) is 0 Å². The maximum atomic E-state index is 12.3. The number of aryl methyl sites for hydroxylation is 1. The molecule has 0 heterocycles. The highest BCUT2D eigenvalue weighted by Gasteiger charge is 2.19. The van der Waals surface area contributed by atoms with Gasteiger partial charge in [-0.1, -0.05) is 49.8 Å². The van der Waals surface area contributed by atoms with Crippen LogP contribution in [0.4, 0.5) is 0 Å².